The zero-order valence-corrected chi connectivity index (χ0v) is 27.2. The third kappa shape index (κ3) is 10.4. The van der Waals surface area contributed by atoms with E-state index in [9.17, 15) is 14.4 Å². The van der Waals surface area contributed by atoms with E-state index in [1.54, 1.807) is 18.2 Å². The molecule has 5 aromatic rings. The van der Waals surface area contributed by atoms with Crippen LogP contribution in [0.2, 0.25) is 0 Å². The van der Waals surface area contributed by atoms with E-state index >= 15 is 0 Å². The van der Waals surface area contributed by atoms with E-state index in [0.717, 1.165) is 29.5 Å². The number of esters is 2. The number of rotatable bonds is 17. The molecule has 1 unspecified atom stereocenters. The number of aryl methyl sites for hydroxylation is 1. The first-order valence-electron chi connectivity index (χ1n) is 16.4. The summed E-state index contributed by atoms with van der Waals surface area (Å²) in [6.07, 6.45) is 2.33. The van der Waals surface area contributed by atoms with Crippen molar-refractivity contribution < 1.29 is 28.2 Å². The van der Waals surface area contributed by atoms with Crippen molar-refractivity contribution in [3.63, 3.8) is 0 Å². The van der Waals surface area contributed by atoms with Crippen molar-refractivity contribution in [2.75, 3.05) is 19.7 Å². The summed E-state index contributed by atoms with van der Waals surface area (Å²) in [5, 5.41) is 3.73. The van der Waals surface area contributed by atoms with Crippen LogP contribution in [-0.2, 0) is 38.5 Å². The maximum Gasteiger partial charge on any atom is 0.310 e. The molecule has 0 radical (unpaired) electrons. The summed E-state index contributed by atoms with van der Waals surface area (Å²) in [6.45, 7) is 3.29. The molecule has 0 saturated heterocycles. The summed E-state index contributed by atoms with van der Waals surface area (Å²) in [7, 11) is 0. The number of benzene rings is 4. The van der Waals surface area contributed by atoms with Crippen LogP contribution in [0.15, 0.2) is 118 Å². The zero-order chi connectivity index (χ0) is 33.6. The predicted octanol–water partition coefficient (Wildman–Crippen LogP) is 7.06. The van der Waals surface area contributed by atoms with E-state index in [4.69, 9.17) is 18.6 Å². The van der Waals surface area contributed by atoms with Gasteiger partial charge in [0.25, 0.3) is 0 Å². The van der Waals surface area contributed by atoms with E-state index < -0.39 is 6.10 Å². The van der Waals surface area contributed by atoms with Crippen molar-refractivity contribution in [2.24, 2.45) is 0 Å². The zero-order valence-electron chi connectivity index (χ0n) is 27.2. The molecule has 8 heteroatoms. The second-order valence-electron chi connectivity index (χ2n) is 11.6. The highest BCUT2D eigenvalue weighted by molar-refractivity contribution is 5.80. The van der Waals surface area contributed by atoms with Gasteiger partial charge in [0.05, 0.1) is 11.8 Å². The van der Waals surface area contributed by atoms with Crippen LogP contribution in [0.5, 0.6) is 5.75 Å². The molecule has 0 aliphatic heterocycles. The Morgan fingerprint density at radius 3 is 2.35 bits per heavy atom. The first kappa shape index (κ1) is 34.1. The van der Waals surface area contributed by atoms with Gasteiger partial charge < -0.3 is 23.9 Å². The van der Waals surface area contributed by atoms with Crippen LogP contribution in [-0.4, -0.2) is 37.7 Å². The molecular weight excluding hydrogens is 606 g/mol. The Bertz CT molecular complexity index is 1840. The number of carbonyl (C=O) groups is 2. The minimum atomic E-state index is -0.611. The van der Waals surface area contributed by atoms with Gasteiger partial charge in [-0.3, -0.25) is 14.4 Å². The van der Waals surface area contributed by atoms with E-state index in [2.05, 4.69) is 18.3 Å². The summed E-state index contributed by atoms with van der Waals surface area (Å²) in [5.41, 5.74) is 4.07. The summed E-state index contributed by atoms with van der Waals surface area (Å²) in [5.74, 6) is 0.315. The molecule has 1 N–H and O–H groups in total. The third-order valence-electron chi connectivity index (χ3n) is 7.72. The van der Waals surface area contributed by atoms with Crippen molar-refractivity contribution in [1.82, 2.24) is 5.32 Å². The van der Waals surface area contributed by atoms with Gasteiger partial charge in [-0.25, -0.2) is 0 Å². The molecule has 0 fully saturated rings. The minimum absolute atomic E-state index is 0.0713. The average molecular weight is 648 g/mol. The molecule has 0 aliphatic carbocycles. The van der Waals surface area contributed by atoms with E-state index in [0.29, 0.717) is 42.0 Å². The Kier molecular flexibility index (Phi) is 12.5. The second kappa shape index (κ2) is 17.6. The van der Waals surface area contributed by atoms with Gasteiger partial charge in [0.15, 0.2) is 5.43 Å². The van der Waals surface area contributed by atoms with Crippen LogP contribution in [0.1, 0.15) is 42.9 Å². The van der Waals surface area contributed by atoms with Crippen molar-refractivity contribution in [3.8, 4) is 17.1 Å². The fraction of sp³-hybridized carbons (Fsp3) is 0.275. The summed E-state index contributed by atoms with van der Waals surface area (Å²) < 4.78 is 23.4. The van der Waals surface area contributed by atoms with Crippen LogP contribution in [0.25, 0.3) is 22.3 Å². The molecule has 0 spiro atoms. The molecular formula is C40H41NO7. The molecule has 0 bridgehead atoms. The molecule has 1 aromatic heterocycles. The lowest BCUT2D eigenvalue weighted by Crippen LogP contribution is -2.36. The Balaban J connectivity index is 1.19. The molecule has 248 valence electrons. The maximum absolute atomic E-state index is 13.0. The lowest BCUT2D eigenvalue weighted by Gasteiger charge is -2.19. The summed E-state index contributed by atoms with van der Waals surface area (Å²) in [4.78, 5) is 38.0. The molecule has 1 atom stereocenters. The largest absolute Gasteiger partial charge is 0.490 e. The van der Waals surface area contributed by atoms with Crippen molar-refractivity contribution in [1.29, 1.82) is 0 Å². The van der Waals surface area contributed by atoms with E-state index in [1.807, 2.05) is 78.9 Å². The van der Waals surface area contributed by atoms with Gasteiger partial charge in [0, 0.05) is 30.7 Å². The molecule has 4 aromatic carbocycles. The van der Waals surface area contributed by atoms with Crippen LogP contribution in [0.3, 0.4) is 0 Å². The van der Waals surface area contributed by atoms with E-state index in [1.165, 1.54) is 11.6 Å². The Hall–Kier alpha value is -5.21. The standard InChI is InChI=1S/C40H41NO7/c1-2-11-29-14-9-15-31(22-29)23-40(44)47-34(26-41-21-10-18-39(43)46-27-30-12-5-3-6-13-30)28-45-33-19-20-35-36(42)25-37(48-38(35)24-33)32-16-7-4-8-17-32/h3-9,12-17,19-20,22,24-25,34,41H,2,10-11,18,21,23,26-28H2,1H3. The summed E-state index contributed by atoms with van der Waals surface area (Å²) in [6, 6.07) is 33.5. The normalized spacial score (nSPS) is 11.6. The molecule has 8 nitrogen and oxygen atoms in total. The lowest BCUT2D eigenvalue weighted by atomic mass is 10.1. The fourth-order valence-electron chi connectivity index (χ4n) is 5.30. The van der Waals surface area contributed by atoms with E-state index in [-0.39, 0.29) is 43.4 Å². The van der Waals surface area contributed by atoms with Crippen molar-refractivity contribution >= 4 is 22.9 Å². The van der Waals surface area contributed by atoms with Gasteiger partial charge in [0.2, 0.25) is 0 Å². The van der Waals surface area contributed by atoms with Crippen molar-refractivity contribution in [2.45, 2.75) is 51.7 Å². The first-order valence-corrected chi connectivity index (χ1v) is 16.4. The number of fused-ring (bicyclic) bond motifs is 1. The SMILES string of the molecule is CCCc1cccc(CC(=O)OC(CNCCCC(=O)OCc2ccccc2)COc2ccc3c(=O)cc(-c4ccccc4)oc3c2)c1. The monoisotopic (exact) mass is 647 g/mol. The average Bonchev–Trinajstić information content (AvgIpc) is 3.10. The third-order valence-corrected chi connectivity index (χ3v) is 7.72. The number of ether oxygens (including phenoxy) is 3. The highest BCUT2D eigenvalue weighted by Gasteiger charge is 2.17. The number of nitrogens with one attached hydrogen (secondary N) is 1. The molecule has 0 saturated carbocycles. The van der Waals surface area contributed by atoms with Gasteiger partial charge in [0.1, 0.15) is 36.4 Å². The topological polar surface area (TPSA) is 104 Å². The predicted molar refractivity (Wildman–Crippen MR) is 186 cm³/mol. The van der Waals surface area contributed by atoms with Crippen LogP contribution in [0.4, 0.5) is 0 Å². The van der Waals surface area contributed by atoms with Crippen LogP contribution >= 0.6 is 0 Å². The quantitative estimate of drug-likeness (QED) is 0.0846. The Labute approximate surface area is 280 Å². The Morgan fingerprint density at radius 1 is 0.812 bits per heavy atom. The molecule has 0 amide bonds. The molecule has 1 heterocycles. The smallest absolute Gasteiger partial charge is 0.310 e. The highest BCUT2D eigenvalue weighted by Crippen LogP contribution is 2.25. The van der Waals surface area contributed by atoms with Gasteiger partial charge in [-0.05, 0) is 48.2 Å². The molecule has 48 heavy (non-hydrogen) atoms. The van der Waals surface area contributed by atoms with Crippen LogP contribution < -0.4 is 15.5 Å². The second-order valence-corrected chi connectivity index (χ2v) is 11.6. The number of hydrogen-bond donors (Lipinski definition) is 1. The van der Waals surface area contributed by atoms with Gasteiger partial charge in [-0.1, -0.05) is 98.3 Å². The lowest BCUT2D eigenvalue weighted by molar-refractivity contribution is -0.149. The number of carbonyl (C=O) groups excluding carboxylic acids is 2. The minimum Gasteiger partial charge on any atom is -0.490 e. The van der Waals surface area contributed by atoms with Crippen molar-refractivity contribution in [3.05, 3.63) is 136 Å². The molecule has 5 rings (SSSR count). The fourth-order valence-corrected chi connectivity index (χ4v) is 5.30. The van der Waals surface area contributed by atoms with Gasteiger partial charge in [-0.2, -0.15) is 0 Å². The maximum atomic E-state index is 13.0. The highest BCUT2D eigenvalue weighted by atomic mass is 16.6. The summed E-state index contributed by atoms with van der Waals surface area (Å²) >= 11 is 0. The van der Waals surface area contributed by atoms with Gasteiger partial charge in [-0.15, -0.1) is 0 Å². The first-order chi connectivity index (χ1) is 23.5. The Morgan fingerprint density at radius 2 is 1.56 bits per heavy atom. The molecule has 0 aliphatic rings. The van der Waals surface area contributed by atoms with Gasteiger partial charge >= 0.3 is 11.9 Å². The van der Waals surface area contributed by atoms with Crippen LogP contribution in [0, 0.1) is 0 Å². The number of hydrogen-bond acceptors (Lipinski definition) is 8.